The van der Waals surface area contributed by atoms with Gasteiger partial charge in [-0.15, -0.1) is 0 Å². The fraction of sp³-hybridized carbons (Fsp3) is 0.235. The number of carbonyl (C=O) groups is 1. The molecular weight excluding hydrogens is 264 g/mol. The molecule has 21 heavy (non-hydrogen) atoms. The van der Waals surface area contributed by atoms with Crippen molar-refractivity contribution in [3.05, 3.63) is 53.6 Å². The summed E-state index contributed by atoms with van der Waals surface area (Å²) in [5.74, 6) is 0.569. The van der Waals surface area contributed by atoms with Crippen LogP contribution in [0.1, 0.15) is 18.1 Å². The Hall–Kier alpha value is -2.49. The molecule has 0 spiro atoms. The molecule has 4 nitrogen and oxygen atoms in total. The van der Waals surface area contributed by atoms with Crippen LogP contribution < -0.4 is 15.8 Å². The molecule has 0 unspecified atom stereocenters. The third-order valence-corrected chi connectivity index (χ3v) is 3.25. The molecule has 0 saturated heterocycles. The molecule has 2 rings (SSSR count). The number of ether oxygens (including phenoxy) is 1. The molecular formula is C17H20N2O2. The number of nitrogens with two attached hydrogens (primary N) is 1. The number of hydrogen-bond acceptors (Lipinski definition) is 3. The number of anilines is 2. The standard InChI is InChI=1S/C17H20N2O2/c1-11-5-4-6-12(2)16(11)21-13(3)17(20)19-15-9-7-14(18)8-10-15/h4-10,13H,18H2,1-3H3,(H,19,20)/t13-/m1/s1. The van der Waals surface area contributed by atoms with Crippen molar-refractivity contribution in [1.29, 1.82) is 0 Å². The predicted molar refractivity (Wildman–Crippen MR) is 85.5 cm³/mol. The van der Waals surface area contributed by atoms with E-state index >= 15 is 0 Å². The van der Waals surface area contributed by atoms with Crippen molar-refractivity contribution < 1.29 is 9.53 Å². The molecule has 0 bridgehead atoms. The summed E-state index contributed by atoms with van der Waals surface area (Å²) in [6, 6.07) is 12.9. The van der Waals surface area contributed by atoms with Gasteiger partial charge < -0.3 is 15.8 Å². The van der Waals surface area contributed by atoms with Gasteiger partial charge in [0.2, 0.25) is 0 Å². The first kappa shape index (κ1) is 14.9. The van der Waals surface area contributed by atoms with E-state index in [1.165, 1.54) is 0 Å². The molecule has 0 heterocycles. The molecule has 0 saturated carbocycles. The Kier molecular flexibility index (Phi) is 4.48. The van der Waals surface area contributed by atoms with Crippen LogP contribution in [0.2, 0.25) is 0 Å². The van der Waals surface area contributed by atoms with E-state index in [1.807, 2.05) is 32.0 Å². The number of amides is 1. The SMILES string of the molecule is Cc1cccc(C)c1O[C@H](C)C(=O)Nc1ccc(N)cc1. The second-order valence-electron chi connectivity index (χ2n) is 5.09. The number of aryl methyl sites for hydroxylation is 2. The molecule has 1 amide bonds. The smallest absolute Gasteiger partial charge is 0.265 e. The van der Waals surface area contributed by atoms with E-state index in [9.17, 15) is 4.79 Å². The van der Waals surface area contributed by atoms with Gasteiger partial charge >= 0.3 is 0 Å². The lowest BCUT2D eigenvalue weighted by atomic mass is 10.1. The fourth-order valence-corrected chi connectivity index (χ4v) is 2.03. The van der Waals surface area contributed by atoms with Gasteiger partial charge in [-0.2, -0.15) is 0 Å². The van der Waals surface area contributed by atoms with Gasteiger partial charge in [-0.3, -0.25) is 4.79 Å². The third-order valence-electron chi connectivity index (χ3n) is 3.25. The Morgan fingerprint density at radius 2 is 1.67 bits per heavy atom. The summed E-state index contributed by atoms with van der Waals surface area (Å²) >= 11 is 0. The average Bonchev–Trinajstić information content (AvgIpc) is 2.45. The summed E-state index contributed by atoms with van der Waals surface area (Å²) in [5, 5.41) is 2.81. The first-order valence-electron chi connectivity index (χ1n) is 6.86. The van der Waals surface area contributed by atoms with Gasteiger partial charge in [0.05, 0.1) is 0 Å². The molecule has 3 N–H and O–H groups in total. The minimum Gasteiger partial charge on any atom is -0.480 e. The normalized spacial score (nSPS) is 11.8. The summed E-state index contributed by atoms with van der Waals surface area (Å²) in [6.07, 6.45) is -0.581. The van der Waals surface area contributed by atoms with E-state index in [2.05, 4.69) is 5.32 Å². The summed E-state index contributed by atoms with van der Waals surface area (Å²) in [5.41, 5.74) is 9.01. The Bertz CT molecular complexity index is 615. The quantitative estimate of drug-likeness (QED) is 0.847. The first-order chi connectivity index (χ1) is 9.97. The minimum absolute atomic E-state index is 0.192. The average molecular weight is 284 g/mol. The molecule has 0 aliphatic heterocycles. The zero-order valence-corrected chi connectivity index (χ0v) is 12.5. The van der Waals surface area contributed by atoms with Crippen LogP contribution in [0, 0.1) is 13.8 Å². The maximum Gasteiger partial charge on any atom is 0.265 e. The molecule has 0 aromatic heterocycles. The number of nitrogen functional groups attached to an aromatic ring is 1. The molecule has 0 fully saturated rings. The highest BCUT2D eigenvalue weighted by Crippen LogP contribution is 2.23. The second kappa shape index (κ2) is 6.31. The van der Waals surface area contributed by atoms with E-state index in [4.69, 9.17) is 10.5 Å². The zero-order valence-electron chi connectivity index (χ0n) is 12.5. The van der Waals surface area contributed by atoms with Crippen LogP contribution in [0.15, 0.2) is 42.5 Å². The van der Waals surface area contributed by atoms with E-state index < -0.39 is 6.10 Å². The van der Waals surface area contributed by atoms with Crippen molar-refractivity contribution in [3.8, 4) is 5.75 Å². The second-order valence-corrected chi connectivity index (χ2v) is 5.09. The lowest BCUT2D eigenvalue weighted by molar-refractivity contribution is -0.122. The van der Waals surface area contributed by atoms with Gasteiger partial charge in [-0.25, -0.2) is 0 Å². The number of carbonyl (C=O) groups excluding carboxylic acids is 1. The molecule has 1 atom stereocenters. The van der Waals surface area contributed by atoms with Gasteiger partial charge in [0.1, 0.15) is 5.75 Å². The van der Waals surface area contributed by atoms with Gasteiger partial charge in [-0.1, -0.05) is 18.2 Å². The number of hydrogen-bond donors (Lipinski definition) is 2. The van der Waals surface area contributed by atoms with Crippen molar-refractivity contribution >= 4 is 17.3 Å². The minimum atomic E-state index is -0.581. The largest absolute Gasteiger partial charge is 0.480 e. The zero-order chi connectivity index (χ0) is 15.4. The van der Waals surface area contributed by atoms with Crippen molar-refractivity contribution in [2.24, 2.45) is 0 Å². The molecule has 0 aliphatic carbocycles. The summed E-state index contributed by atoms with van der Waals surface area (Å²) < 4.78 is 5.80. The van der Waals surface area contributed by atoms with Crippen molar-refractivity contribution in [1.82, 2.24) is 0 Å². The van der Waals surface area contributed by atoms with E-state index in [1.54, 1.807) is 31.2 Å². The summed E-state index contributed by atoms with van der Waals surface area (Å²) in [7, 11) is 0. The topological polar surface area (TPSA) is 64.3 Å². The van der Waals surface area contributed by atoms with Crippen LogP contribution in [0.25, 0.3) is 0 Å². The molecule has 110 valence electrons. The summed E-state index contributed by atoms with van der Waals surface area (Å²) in [6.45, 7) is 5.67. The molecule has 4 heteroatoms. The first-order valence-corrected chi connectivity index (χ1v) is 6.86. The van der Waals surface area contributed by atoms with Gasteiger partial charge in [0.25, 0.3) is 5.91 Å². The molecule has 0 aliphatic rings. The van der Waals surface area contributed by atoms with E-state index in [0.29, 0.717) is 11.4 Å². The Labute approximate surface area is 124 Å². The molecule has 2 aromatic rings. The number of rotatable bonds is 4. The lowest BCUT2D eigenvalue weighted by Crippen LogP contribution is -2.30. The molecule has 0 radical (unpaired) electrons. The highest BCUT2D eigenvalue weighted by molar-refractivity contribution is 5.94. The van der Waals surface area contributed by atoms with Crippen molar-refractivity contribution in [3.63, 3.8) is 0 Å². The van der Waals surface area contributed by atoms with Gasteiger partial charge in [-0.05, 0) is 56.2 Å². The Morgan fingerprint density at radius 1 is 1.10 bits per heavy atom. The summed E-state index contributed by atoms with van der Waals surface area (Å²) in [4.78, 5) is 12.2. The van der Waals surface area contributed by atoms with Crippen LogP contribution in [0.5, 0.6) is 5.75 Å². The van der Waals surface area contributed by atoms with Crippen molar-refractivity contribution in [2.75, 3.05) is 11.1 Å². The fourth-order valence-electron chi connectivity index (χ4n) is 2.03. The van der Waals surface area contributed by atoms with Crippen molar-refractivity contribution in [2.45, 2.75) is 26.9 Å². The monoisotopic (exact) mass is 284 g/mol. The number of nitrogens with one attached hydrogen (secondary N) is 1. The number of benzene rings is 2. The highest BCUT2D eigenvalue weighted by Gasteiger charge is 2.16. The number of para-hydroxylation sites is 1. The van der Waals surface area contributed by atoms with Gasteiger partial charge in [0, 0.05) is 11.4 Å². The maximum atomic E-state index is 12.2. The third kappa shape index (κ3) is 3.75. The molecule has 2 aromatic carbocycles. The Balaban J connectivity index is 2.04. The van der Waals surface area contributed by atoms with Crippen LogP contribution in [0.4, 0.5) is 11.4 Å². The predicted octanol–water partition coefficient (Wildman–Crippen LogP) is 3.29. The van der Waals surface area contributed by atoms with Crippen LogP contribution in [-0.4, -0.2) is 12.0 Å². The van der Waals surface area contributed by atoms with E-state index in [-0.39, 0.29) is 5.91 Å². The highest BCUT2D eigenvalue weighted by atomic mass is 16.5. The van der Waals surface area contributed by atoms with Crippen LogP contribution in [-0.2, 0) is 4.79 Å². The van der Waals surface area contributed by atoms with E-state index in [0.717, 1.165) is 16.9 Å². The lowest BCUT2D eigenvalue weighted by Gasteiger charge is -2.18. The van der Waals surface area contributed by atoms with Crippen LogP contribution in [0.3, 0.4) is 0 Å². The van der Waals surface area contributed by atoms with Crippen LogP contribution >= 0.6 is 0 Å². The Morgan fingerprint density at radius 3 is 2.24 bits per heavy atom. The van der Waals surface area contributed by atoms with Gasteiger partial charge in [0.15, 0.2) is 6.10 Å². The maximum absolute atomic E-state index is 12.2.